The molecule has 3 aromatic carbocycles. The number of benzene rings is 3. The molecule has 0 atom stereocenters. The fourth-order valence-electron chi connectivity index (χ4n) is 2.84. The Morgan fingerprint density at radius 1 is 0.968 bits per heavy atom. The van der Waals surface area contributed by atoms with E-state index in [1.54, 1.807) is 49.4 Å². The van der Waals surface area contributed by atoms with Gasteiger partial charge in [0.15, 0.2) is 0 Å². The average Bonchev–Trinajstić information content (AvgIpc) is 2.77. The molecule has 6 nitrogen and oxygen atoms in total. The zero-order valence-corrected chi connectivity index (χ0v) is 18.7. The molecule has 0 unspecified atom stereocenters. The first-order chi connectivity index (χ1) is 14.8. The van der Waals surface area contributed by atoms with Crippen LogP contribution >= 0.6 is 11.6 Å². The Morgan fingerprint density at radius 2 is 1.58 bits per heavy atom. The van der Waals surface area contributed by atoms with Crippen LogP contribution in [0, 0.1) is 6.92 Å². The van der Waals surface area contributed by atoms with Gasteiger partial charge in [0.25, 0.3) is 15.9 Å². The second-order valence-electron chi connectivity index (χ2n) is 6.87. The maximum Gasteiger partial charge on any atom is 0.264 e. The lowest BCUT2D eigenvalue weighted by molar-refractivity contribution is -0.119. The molecule has 0 radical (unpaired) electrons. The summed E-state index contributed by atoms with van der Waals surface area (Å²) in [5.41, 5.74) is 5.22. The number of nitrogens with one attached hydrogen (secondary N) is 1. The van der Waals surface area contributed by atoms with Gasteiger partial charge in [-0.1, -0.05) is 71.8 Å². The van der Waals surface area contributed by atoms with E-state index in [-0.39, 0.29) is 15.6 Å². The summed E-state index contributed by atoms with van der Waals surface area (Å²) >= 11 is 6.25. The number of hydrogen-bond acceptors (Lipinski definition) is 4. The fourth-order valence-corrected chi connectivity index (χ4v) is 4.59. The number of halogens is 1. The second kappa shape index (κ2) is 9.76. The Morgan fingerprint density at radius 3 is 2.23 bits per heavy atom. The molecule has 0 aromatic heterocycles. The Kier molecular flexibility index (Phi) is 7.09. The number of carbonyl (C=O) groups is 1. The van der Waals surface area contributed by atoms with E-state index in [1.807, 2.05) is 31.2 Å². The van der Waals surface area contributed by atoms with Gasteiger partial charge >= 0.3 is 0 Å². The molecule has 0 fully saturated rings. The zero-order chi connectivity index (χ0) is 22.4. The summed E-state index contributed by atoms with van der Waals surface area (Å²) in [6.45, 7) is 3.26. The smallest absolute Gasteiger partial charge is 0.264 e. The van der Waals surface area contributed by atoms with Crippen molar-refractivity contribution in [3.63, 3.8) is 0 Å². The highest BCUT2D eigenvalue weighted by molar-refractivity contribution is 7.92. The van der Waals surface area contributed by atoms with Crippen LogP contribution in [0.4, 0.5) is 5.69 Å². The summed E-state index contributed by atoms with van der Waals surface area (Å²) in [6.07, 6.45) is 0. The summed E-state index contributed by atoms with van der Waals surface area (Å²) in [7, 11) is -4.03. The van der Waals surface area contributed by atoms with Crippen molar-refractivity contribution in [1.29, 1.82) is 0 Å². The van der Waals surface area contributed by atoms with Crippen molar-refractivity contribution >= 4 is 38.9 Å². The molecule has 3 rings (SSSR count). The Balaban J connectivity index is 1.87. The molecule has 0 bridgehead atoms. The second-order valence-corrected chi connectivity index (χ2v) is 9.14. The van der Waals surface area contributed by atoms with E-state index < -0.39 is 22.5 Å². The molecule has 0 aliphatic carbocycles. The lowest BCUT2D eigenvalue weighted by Gasteiger charge is -2.24. The predicted octanol–water partition coefficient (Wildman–Crippen LogP) is 4.38. The summed E-state index contributed by atoms with van der Waals surface area (Å²) in [6, 6.07) is 22.1. The number of aryl methyl sites for hydroxylation is 1. The van der Waals surface area contributed by atoms with Crippen LogP contribution in [0.15, 0.2) is 88.9 Å². The molecule has 8 heteroatoms. The Labute approximate surface area is 187 Å². The molecule has 0 saturated carbocycles. The van der Waals surface area contributed by atoms with Gasteiger partial charge in [-0.2, -0.15) is 5.10 Å². The van der Waals surface area contributed by atoms with Crippen LogP contribution in [-0.4, -0.2) is 26.6 Å². The number of carbonyl (C=O) groups excluding carboxylic acids is 1. The van der Waals surface area contributed by atoms with E-state index in [0.717, 1.165) is 15.4 Å². The number of amides is 1. The van der Waals surface area contributed by atoms with Crippen LogP contribution in [0.25, 0.3) is 0 Å². The van der Waals surface area contributed by atoms with E-state index in [9.17, 15) is 13.2 Å². The molecule has 0 heterocycles. The molecule has 160 valence electrons. The van der Waals surface area contributed by atoms with Crippen LogP contribution in [0.2, 0.25) is 5.02 Å². The number of anilines is 1. The van der Waals surface area contributed by atoms with Crippen LogP contribution in [0.1, 0.15) is 18.1 Å². The van der Waals surface area contributed by atoms with E-state index in [0.29, 0.717) is 5.71 Å². The van der Waals surface area contributed by atoms with Gasteiger partial charge in [-0.25, -0.2) is 13.8 Å². The molecule has 1 amide bonds. The summed E-state index contributed by atoms with van der Waals surface area (Å²) in [5, 5.41) is 4.33. The molecule has 0 spiro atoms. The third-order valence-electron chi connectivity index (χ3n) is 4.56. The van der Waals surface area contributed by atoms with Crippen molar-refractivity contribution in [2.75, 3.05) is 10.8 Å². The summed E-state index contributed by atoms with van der Waals surface area (Å²) in [5.74, 6) is -0.592. The third-order valence-corrected chi connectivity index (χ3v) is 6.65. The van der Waals surface area contributed by atoms with Gasteiger partial charge in [0.05, 0.1) is 21.3 Å². The van der Waals surface area contributed by atoms with E-state index >= 15 is 0 Å². The first-order valence-corrected chi connectivity index (χ1v) is 11.3. The first-order valence-electron chi connectivity index (χ1n) is 9.51. The Hall–Kier alpha value is -3.16. The SMILES string of the molecule is C/C(=N/NC(=O)CN(c1ccccc1Cl)S(=O)(=O)c1ccccc1)c1ccc(C)cc1. The maximum absolute atomic E-state index is 13.3. The van der Waals surface area contributed by atoms with Gasteiger partial charge in [0.2, 0.25) is 0 Å². The van der Waals surface area contributed by atoms with Crippen molar-refractivity contribution in [2.24, 2.45) is 5.10 Å². The number of hydrogen-bond donors (Lipinski definition) is 1. The highest BCUT2D eigenvalue weighted by Crippen LogP contribution is 2.30. The van der Waals surface area contributed by atoms with Crippen molar-refractivity contribution < 1.29 is 13.2 Å². The quantitative estimate of drug-likeness (QED) is 0.424. The highest BCUT2D eigenvalue weighted by atomic mass is 35.5. The number of rotatable bonds is 7. The third kappa shape index (κ3) is 5.51. The van der Waals surface area contributed by atoms with Crippen LogP contribution in [-0.2, 0) is 14.8 Å². The number of para-hydroxylation sites is 1. The molecule has 3 aromatic rings. The van der Waals surface area contributed by atoms with Gasteiger partial charge in [0, 0.05) is 0 Å². The van der Waals surface area contributed by atoms with Crippen LogP contribution < -0.4 is 9.73 Å². The highest BCUT2D eigenvalue weighted by Gasteiger charge is 2.28. The van der Waals surface area contributed by atoms with Gasteiger partial charge in [-0.3, -0.25) is 9.10 Å². The number of sulfonamides is 1. The van der Waals surface area contributed by atoms with Crippen LogP contribution in [0.3, 0.4) is 0 Å². The monoisotopic (exact) mass is 455 g/mol. The van der Waals surface area contributed by atoms with E-state index in [1.165, 1.54) is 12.1 Å². The molecular weight excluding hydrogens is 434 g/mol. The first kappa shape index (κ1) is 22.5. The topological polar surface area (TPSA) is 78.8 Å². The minimum atomic E-state index is -4.03. The molecule has 1 N–H and O–H groups in total. The standard InChI is InChI=1S/C23H22ClN3O3S/c1-17-12-14-19(15-13-17)18(2)25-26-23(28)16-27(22-11-7-6-10-21(22)24)31(29,30)20-8-4-3-5-9-20/h3-15H,16H2,1-2H3,(H,26,28)/b25-18-. The average molecular weight is 456 g/mol. The minimum absolute atomic E-state index is 0.0575. The van der Waals surface area contributed by atoms with Crippen molar-refractivity contribution in [2.45, 2.75) is 18.7 Å². The fraction of sp³-hybridized carbons (Fsp3) is 0.130. The number of nitrogens with zero attached hydrogens (tertiary/aromatic N) is 2. The molecule has 31 heavy (non-hydrogen) atoms. The van der Waals surface area contributed by atoms with Gasteiger partial charge in [-0.05, 0) is 43.7 Å². The molecule has 0 aliphatic heterocycles. The predicted molar refractivity (Wildman–Crippen MR) is 124 cm³/mol. The lowest BCUT2D eigenvalue weighted by Crippen LogP contribution is -2.40. The Bertz CT molecular complexity index is 1190. The van der Waals surface area contributed by atoms with Gasteiger partial charge < -0.3 is 0 Å². The summed E-state index contributed by atoms with van der Waals surface area (Å²) in [4.78, 5) is 12.7. The van der Waals surface area contributed by atoms with Crippen LogP contribution in [0.5, 0.6) is 0 Å². The normalized spacial score (nSPS) is 11.8. The molecule has 0 aliphatic rings. The maximum atomic E-state index is 13.3. The zero-order valence-electron chi connectivity index (χ0n) is 17.1. The van der Waals surface area contributed by atoms with E-state index in [2.05, 4.69) is 10.5 Å². The van der Waals surface area contributed by atoms with Gasteiger partial charge in [-0.15, -0.1) is 0 Å². The molecule has 0 saturated heterocycles. The minimum Gasteiger partial charge on any atom is -0.271 e. The summed E-state index contributed by atoms with van der Waals surface area (Å²) < 4.78 is 27.5. The lowest BCUT2D eigenvalue weighted by atomic mass is 10.1. The van der Waals surface area contributed by atoms with Crippen molar-refractivity contribution in [3.05, 3.63) is 95.0 Å². The number of hydrazone groups is 1. The largest absolute Gasteiger partial charge is 0.271 e. The van der Waals surface area contributed by atoms with Crippen molar-refractivity contribution in [3.8, 4) is 0 Å². The van der Waals surface area contributed by atoms with Crippen molar-refractivity contribution in [1.82, 2.24) is 5.43 Å². The molecular formula is C23H22ClN3O3S. The van der Waals surface area contributed by atoms with E-state index in [4.69, 9.17) is 11.6 Å². The van der Waals surface area contributed by atoms with Gasteiger partial charge in [0.1, 0.15) is 6.54 Å².